The lowest BCUT2D eigenvalue weighted by Crippen LogP contribution is -2.18. The molecule has 0 radical (unpaired) electrons. The maximum Gasteiger partial charge on any atom is 0.226 e. The van der Waals surface area contributed by atoms with Gasteiger partial charge in [0, 0.05) is 12.6 Å². The summed E-state index contributed by atoms with van der Waals surface area (Å²) in [5, 5.41) is 7.18. The molecule has 1 aromatic carbocycles. The first-order chi connectivity index (χ1) is 9.60. The normalized spacial score (nSPS) is 11.9. The Balaban J connectivity index is 1.98. The molecule has 1 N–H and O–H groups in total. The van der Waals surface area contributed by atoms with E-state index < -0.39 is 0 Å². The fourth-order valence-electron chi connectivity index (χ4n) is 1.99. The zero-order valence-corrected chi connectivity index (χ0v) is 12.0. The third-order valence-corrected chi connectivity index (χ3v) is 3.06. The number of methoxy groups -OCH3 is 1. The van der Waals surface area contributed by atoms with Crippen LogP contribution in [0.3, 0.4) is 0 Å². The first-order valence-electron chi connectivity index (χ1n) is 6.55. The molecule has 1 unspecified atom stereocenters. The molecule has 0 saturated heterocycles. The van der Waals surface area contributed by atoms with Gasteiger partial charge in [-0.25, -0.2) is 0 Å². The van der Waals surface area contributed by atoms with Gasteiger partial charge in [0.25, 0.3) is 0 Å². The molecule has 0 fully saturated rings. The van der Waals surface area contributed by atoms with Crippen LogP contribution in [0.1, 0.15) is 25.1 Å². The Morgan fingerprint density at radius 1 is 1.40 bits per heavy atom. The summed E-state index contributed by atoms with van der Waals surface area (Å²) < 4.78 is 7.01. The van der Waals surface area contributed by atoms with E-state index in [0.29, 0.717) is 17.9 Å². The van der Waals surface area contributed by atoms with Crippen molar-refractivity contribution in [1.82, 2.24) is 9.78 Å². The van der Waals surface area contributed by atoms with Crippen molar-refractivity contribution in [3.63, 3.8) is 0 Å². The fourth-order valence-corrected chi connectivity index (χ4v) is 1.99. The number of hydrogen-bond donors (Lipinski definition) is 1. The maximum atomic E-state index is 12.1. The minimum atomic E-state index is -0.0600. The van der Waals surface area contributed by atoms with Gasteiger partial charge in [0.2, 0.25) is 5.91 Å². The Bertz CT molecular complexity index is 592. The smallest absolute Gasteiger partial charge is 0.226 e. The van der Waals surface area contributed by atoms with Gasteiger partial charge in [-0.05, 0) is 32.0 Å². The van der Waals surface area contributed by atoms with Gasteiger partial charge in [0.05, 0.1) is 24.5 Å². The number of ether oxygens (including phenoxy) is 1. The van der Waals surface area contributed by atoms with E-state index in [0.717, 1.165) is 5.69 Å². The lowest BCUT2D eigenvalue weighted by molar-refractivity contribution is -0.116. The van der Waals surface area contributed by atoms with Gasteiger partial charge in [-0.15, -0.1) is 0 Å². The fraction of sp³-hybridized carbons (Fsp3) is 0.333. The Hall–Kier alpha value is -2.30. The van der Waals surface area contributed by atoms with Crippen LogP contribution >= 0.6 is 0 Å². The Morgan fingerprint density at radius 3 is 2.80 bits per heavy atom. The van der Waals surface area contributed by atoms with E-state index >= 15 is 0 Å². The number of nitrogens with one attached hydrogen (secondary N) is 1. The molecule has 5 nitrogen and oxygen atoms in total. The molecule has 2 rings (SSSR count). The van der Waals surface area contributed by atoms with Crippen molar-refractivity contribution < 1.29 is 9.53 Å². The molecule has 1 amide bonds. The number of nitrogens with zero attached hydrogens (tertiary/aromatic N) is 2. The summed E-state index contributed by atoms with van der Waals surface area (Å²) in [4.78, 5) is 12.1. The molecule has 106 valence electrons. The average Bonchev–Trinajstić information content (AvgIpc) is 2.86. The van der Waals surface area contributed by atoms with E-state index in [1.807, 2.05) is 50.4 Å². The number of amides is 1. The lowest BCUT2D eigenvalue weighted by atomic mass is 10.2. The second-order valence-electron chi connectivity index (χ2n) is 4.74. The lowest BCUT2D eigenvalue weighted by Gasteiger charge is -2.13. The highest BCUT2D eigenvalue weighted by atomic mass is 16.5. The van der Waals surface area contributed by atoms with Crippen LogP contribution in [-0.2, 0) is 4.79 Å². The summed E-state index contributed by atoms with van der Waals surface area (Å²) in [6.45, 7) is 3.90. The van der Waals surface area contributed by atoms with Gasteiger partial charge in [0.15, 0.2) is 0 Å². The molecule has 0 aliphatic carbocycles. The van der Waals surface area contributed by atoms with Crippen LogP contribution in [0.25, 0.3) is 0 Å². The molecule has 0 aliphatic rings. The number of aryl methyl sites for hydroxylation is 1. The highest BCUT2D eigenvalue weighted by Gasteiger charge is 2.13. The zero-order valence-electron chi connectivity index (χ0n) is 12.0. The number of carbonyl (C=O) groups is 1. The predicted octanol–water partition coefficient (Wildman–Crippen LogP) is 2.79. The molecule has 0 bridgehead atoms. The molecule has 1 atom stereocenters. The number of aromatic nitrogens is 2. The van der Waals surface area contributed by atoms with Crippen LogP contribution in [0.2, 0.25) is 0 Å². The van der Waals surface area contributed by atoms with Crippen molar-refractivity contribution >= 4 is 11.6 Å². The molecule has 2 aromatic rings. The second-order valence-corrected chi connectivity index (χ2v) is 4.74. The van der Waals surface area contributed by atoms with Crippen molar-refractivity contribution in [3.8, 4) is 5.75 Å². The summed E-state index contributed by atoms with van der Waals surface area (Å²) >= 11 is 0. The third-order valence-electron chi connectivity index (χ3n) is 3.06. The van der Waals surface area contributed by atoms with E-state index in [1.54, 1.807) is 11.8 Å². The van der Waals surface area contributed by atoms with E-state index in [1.165, 1.54) is 0 Å². The van der Waals surface area contributed by atoms with E-state index in [-0.39, 0.29) is 11.9 Å². The molecule has 0 aliphatic heterocycles. The molecule has 0 spiro atoms. The summed E-state index contributed by atoms with van der Waals surface area (Å²) in [5.74, 6) is 0.596. The van der Waals surface area contributed by atoms with Gasteiger partial charge in [-0.1, -0.05) is 12.1 Å². The SMILES string of the molecule is COc1ccccc1NC(=O)CC(C)n1ccc(C)n1. The number of hydrogen-bond acceptors (Lipinski definition) is 3. The number of benzene rings is 1. The minimum absolute atomic E-state index is 0.0124. The second kappa shape index (κ2) is 6.23. The van der Waals surface area contributed by atoms with Gasteiger partial charge in [-0.3, -0.25) is 9.48 Å². The van der Waals surface area contributed by atoms with Gasteiger partial charge in [0.1, 0.15) is 5.75 Å². The average molecular weight is 273 g/mol. The maximum absolute atomic E-state index is 12.1. The highest BCUT2D eigenvalue weighted by molar-refractivity contribution is 5.92. The summed E-state index contributed by atoms with van der Waals surface area (Å²) in [6.07, 6.45) is 2.25. The highest BCUT2D eigenvalue weighted by Crippen LogP contribution is 2.23. The quantitative estimate of drug-likeness (QED) is 0.911. The van der Waals surface area contributed by atoms with Crippen molar-refractivity contribution in [2.24, 2.45) is 0 Å². The summed E-state index contributed by atoms with van der Waals surface area (Å²) in [5.41, 5.74) is 1.63. The topological polar surface area (TPSA) is 56.1 Å². The van der Waals surface area contributed by atoms with Crippen LogP contribution in [0, 0.1) is 6.92 Å². The van der Waals surface area contributed by atoms with Crippen LogP contribution in [0.15, 0.2) is 36.5 Å². The van der Waals surface area contributed by atoms with Crippen molar-refractivity contribution in [2.45, 2.75) is 26.3 Å². The molecule has 20 heavy (non-hydrogen) atoms. The van der Waals surface area contributed by atoms with E-state index in [2.05, 4.69) is 10.4 Å². The van der Waals surface area contributed by atoms with E-state index in [4.69, 9.17) is 4.74 Å². The number of anilines is 1. The zero-order chi connectivity index (χ0) is 14.5. The van der Waals surface area contributed by atoms with Crippen molar-refractivity contribution in [1.29, 1.82) is 0 Å². The predicted molar refractivity (Wildman–Crippen MR) is 77.9 cm³/mol. The largest absolute Gasteiger partial charge is 0.495 e. The van der Waals surface area contributed by atoms with Crippen molar-refractivity contribution in [3.05, 3.63) is 42.2 Å². The first-order valence-corrected chi connectivity index (χ1v) is 6.55. The van der Waals surface area contributed by atoms with Gasteiger partial charge in [-0.2, -0.15) is 5.10 Å². The van der Waals surface area contributed by atoms with Crippen molar-refractivity contribution in [2.75, 3.05) is 12.4 Å². The van der Waals surface area contributed by atoms with Gasteiger partial charge < -0.3 is 10.1 Å². The van der Waals surface area contributed by atoms with Gasteiger partial charge >= 0.3 is 0 Å². The first kappa shape index (κ1) is 14.1. The summed E-state index contributed by atoms with van der Waals surface area (Å²) in [6, 6.07) is 9.30. The molecular formula is C15H19N3O2. The monoisotopic (exact) mass is 273 g/mol. The van der Waals surface area contributed by atoms with Crippen LogP contribution in [0.5, 0.6) is 5.75 Å². The molecule has 1 aromatic heterocycles. The minimum Gasteiger partial charge on any atom is -0.495 e. The van der Waals surface area contributed by atoms with Crippen LogP contribution in [0.4, 0.5) is 5.69 Å². The molecule has 1 heterocycles. The molecule has 5 heteroatoms. The number of para-hydroxylation sites is 2. The van der Waals surface area contributed by atoms with Crippen LogP contribution < -0.4 is 10.1 Å². The molecular weight excluding hydrogens is 254 g/mol. The Morgan fingerprint density at radius 2 is 2.15 bits per heavy atom. The van der Waals surface area contributed by atoms with Crippen LogP contribution in [-0.4, -0.2) is 22.8 Å². The summed E-state index contributed by atoms with van der Waals surface area (Å²) in [7, 11) is 1.58. The molecule has 0 saturated carbocycles. The Kier molecular flexibility index (Phi) is 4.40. The Labute approximate surface area is 118 Å². The number of rotatable bonds is 5. The number of carbonyl (C=O) groups excluding carboxylic acids is 1. The van der Waals surface area contributed by atoms with E-state index in [9.17, 15) is 4.79 Å². The third kappa shape index (κ3) is 3.38. The standard InChI is InChI=1S/C15H19N3O2/c1-11-8-9-18(17-11)12(2)10-15(19)16-13-6-4-5-7-14(13)20-3/h4-9,12H,10H2,1-3H3,(H,16,19).